The van der Waals surface area contributed by atoms with Gasteiger partial charge in [-0.1, -0.05) is 48.5 Å². The molecule has 0 bridgehead atoms. The Morgan fingerprint density at radius 1 is 1.00 bits per heavy atom. The molecule has 0 aromatic heterocycles. The van der Waals surface area contributed by atoms with Gasteiger partial charge in [0.2, 0.25) is 0 Å². The van der Waals surface area contributed by atoms with Crippen LogP contribution in [0.15, 0.2) is 48.5 Å². The first-order chi connectivity index (χ1) is 6.83. The molecule has 2 rings (SSSR count). The van der Waals surface area contributed by atoms with E-state index in [2.05, 4.69) is 62.4 Å². The third-order valence-corrected chi connectivity index (χ3v) is 2.65. The van der Waals surface area contributed by atoms with Crippen LogP contribution in [0, 0.1) is 0 Å². The van der Waals surface area contributed by atoms with E-state index in [1.54, 1.807) is 0 Å². The van der Waals surface area contributed by atoms with E-state index < -0.39 is 0 Å². The lowest BCUT2D eigenvalue weighted by Gasteiger charge is -2.05. The average Bonchev–Trinajstić information content (AvgIpc) is 2.27. The van der Waals surface area contributed by atoms with Crippen molar-refractivity contribution in [1.29, 1.82) is 0 Å². The predicted molar refractivity (Wildman–Crippen MR) is 63.3 cm³/mol. The van der Waals surface area contributed by atoms with Crippen LogP contribution in [0.3, 0.4) is 0 Å². The lowest BCUT2D eigenvalue weighted by molar-refractivity contribution is 1.58. The van der Waals surface area contributed by atoms with Crippen molar-refractivity contribution in [3.05, 3.63) is 54.1 Å². The molecule has 0 aliphatic heterocycles. The first kappa shape index (κ1) is 9.01. The zero-order chi connectivity index (χ0) is 9.97. The van der Waals surface area contributed by atoms with E-state index in [9.17, 15) is 0 Å². The van der Waals surface area contributed by atoms with Crippen LogP contribution in [0.5, 0.6) is 0 Å². The maximum absolute atomic E-state index is 2.18. The summed E-state index contributed by atoms with van der Waals surface area (Å²) in [6, 6.07) is 15.0. The molecule has 70 valence electrons. The fourth-order valence-corrected chi connectivity index (χ4v) is 1.72. The monoisotopic (exact) mass is 182 g/mol. The molecule has 0 atom stereocenters. The summed E-state index contributed by atoms with van der Waals surface area (Å²) in [7, 11) is 0. The van der Waals surface area contributed by atoms with Crippen molar-refractivity contribution in [2.45, 2.75) is 13.8 Å². The van der Waals surface area contributed by atoms with Crippen molar-refractivity contribution in [3.63, 3.8) is 0 Å². The number of hydrogen-bond acceptors (Lipinski definition) is 0. The minimum absolute atomic E-state index is 1.31. The topological polar surface area (TPSA) is 0 Å². The molecule has 0 saturated carbocycles. The zero-order valence-corrected chi connectivity index (χ0v) is 8.62. The first-order valence-electron chi connectivity index (χ1n) is 4.94. The Labute approximate surface area is 84.9 Å². The Morgan fingerprint density at radius 2 is 1.71 bits per heavy atom. The van der Waals surface area contributed by atoms with Gasteiger partial charge >= 0.3 is 0 Å². The summed E-state index contributed by atoms with van der Waals surface area (Å²) in [6.45, 7) is 4.23. The van der Waals surface area contributed by atoms with Crippen molar-refractivity contribution in [2.24, 2.45) is 0 Å². The van der Waals surface area contributed by atoms with E-state index in [1.807, 2.05) is 0 Å². The van der Waals surface area contributed by atoms with Gasteiger partial charge in [0.25, 0.3) is 0 Å². The summed E-state index contributed by atoms with van der Waals surface area (Å²) in [6.07, 6.45) is 2.15. The van der Waals surface area contributed by atoms with Gasteiger partial charge in [-0.05, 0) is 35.8 Å². The number of allylic oxidation sites excluding steroid dienone is 2. The standard InChI is InChI=1S/C14H14/c1-3-11(2)13-10-6-8-12-7-4-5-9-14(12)13/h3-10H,1-2H3/b11-3-. The predicted octanol–water partition coefficient (Wildman–Crippen LogP) is 4.26. The Hall–Kier alpha value is -1.56. The number of fused-ring (bicyclic) bond motifs is 1. The highest BCUT2D eigenvalue weighted by Crippen LogP contribution is 2.24. The summed E-state index contributed by atoms with van der Waals surface area (Å²) in [5, 5.41) is 2.65. The highest BCUT2D eigenvalue weighted by molar-refractivity contribution is 5.93. The van der Waals surface area contributed by atoms with Crippen LogP contribution in [0.4, 0.5) is 0 Å². The van der Waals surface area contributed by atoms with Gasteiger partial charge in [0.15, 0.2) is 0 Å². The molecule has 0 spiro atoms. The van der Waals surface area contributed by atoms with E-state index in [4.69, 9.17) is 0 Å². The van der Waals surface area contributed by atoms with Gasteiger partial charge in [0.05, 0.1) is 0 Å². The Balaban J connectivity index is 2.77. The second kappa shape index (κ2) is 3.67. The highest BCUT2D eigenvalue weighted by Gasteiger charge is 1.99. The summed E-state index contributed by atoms with van der Waals surface area (Å²) < 4.78 is 0. The van der Waals surface area contributed by atoms with Gasteiger partial charge in [-0.15, -0.1) is 0 Å². The van der Waals surface area contributed by atoms with Gasteiger partial charge in [0.1, 0.15) is 0 Å². The highest BCUT2D eigenvalue weighted by atomic mass is 14.0. The molecule has 0 nitrogen and oxygen atoms in total. The number of hydrogen-bond donors (Lipinski definition) is 0. The SMILES string of the molecule is C/C=C(/C)c1cccc2ccccc12. The quantitative estimate of drug-likeness (QED) is 0.618. The average molecular weight is 182 g/mol. The Bertz CT molecular complexity index is 473. The molecule has 0 fully saturated rings. The molecular formula is C14H14. The maximum atomic E-state index is 2.18. The van der Waals surface area contributed by atoms with Crippen molar-refractivity contribution in [2.75, 3.05) is 0 Å². The fraction of sp³-hybridized carbons (Fsp3) is 0.143. The number of rotatable bonds is 1. The first-order valence-corrected chi connectivity index (χ1v) is 4.94. The fourth-order valence-electron chi connectivity index (χ4n) is 1.72. The third kappa shape index (κ3) is 1.44. The molecule has 0 radical (unpaired) electrons. The smallest absolute Gasteiger partial charge is 0.0109 e. The van der Waals surface area contributed by atoms with Crippen LogP contribution in [-0.4, -0.2) is 0 Å². The lowest BCUT2D eigenvalue weighted by atomic mass is 9.99. The molecule has 2 aromatic rings. The van der Waals surface area contributed by atoms with Gasteiger partial charge < -0.3 is 0 Å². The van der Waals surface area contributed by atoms with Crippen LogP contribution < -0.4 is 0 Å². The zero-order valence-electron chi connectivity index (χ0n) is 8.62. The Kier molecular flexibility index (Phi) is 2.36. The van der Waals surface area contributed by atoms with E-state index in [1.165, 1.54) is 21.9 Å². The molecule has 0 aliphatic rings. The Morgan fingerprint density at radius 3 is 2.50 bits per heavy atom. The minimum atomic E-state index is 1.31. The van der Waals surface area contributed by atoms with Crippen molar-refractivity contribution < 1.29 is 0 Å². The summed E-state index contributed by atoms with van der Waals surface area (Å²) in [5.74, 6) is 0. The van der Waals surface area contributed by atoms with Gasteiger partial charge in [-0.2, -0.15) is 0 Å². The second-order valence-corrected chi connectivity index (χ2v) is 3.50. The second-order valence-electron chi connectivity index (χ2n) is 3.50. The molecular weight excluding hydrogens is 168 g/mol. The molecule has 0 heteroatoms. The maximum Gasteiger partial charge on any atom is -0.0109 e. The van der Waals surface area contributed by atoms with Crippen LogP contribution in [-0.2, 0) is 0 Å². The van der Waals surface area contributed by atoms with Gasteiger partial charge in [-0.25, -0.2) is 0 Å². The largest absolute Gasteiger partial charge is 0.0841 e. The summed E-state index contributed by atoms with van der Waals surface area (Å²) >= 11 is 0. The molecule has 0 unspecified atom stereocenters. The molecule has 2 aromatic carbocycles. The van der Waals surface area contributed by atoms with E-state index in [0.717, 1.165) is 0 Å². The molecule has 0 heterocycles. The van der Waals surface area contributed by atoms with Crippen LogP contribution in [0.1, 0.15) is 19.4 Å². The molecule has 0 saturated heterocycles. The third-order valence-electron chi connectivity index (χ3n) is 2.65. The molecule has 0 N–H and O–H groups in total. The van der Waals surface area contributed by atoms with E-state index >= 15 is 0 Å². The van der Waals surface area contributed by atoms with Crippen LogP contribution in [0.25, 0.3) is 16.3 Å². The van der Waals surface area contributed by atoms with Crippen molar-refractivity contribution in [3.8, 4) is 0 Å². The summed E-state index contributed by atoms with van der Waals surface area (Å²) in [5.41, 5.74) is 2.67. The van der Waals surface area contributed by atoms with Crippen molar-refractivity contribution >= 4 is 16.3 Å². The molecule has 0 amide bonds. The van der Waals surface area contributed by atoms with E-state index in [-0.39, 0.29) is 0 Å². The van der Waals surface area contributed by atoms with Gasteiger partial charge in [0, 0.05) is 0 Å². The lowest BCUT2D eigenvalue weighted by Crippen LogP contribution is -1.81. The van der Waals surface area contributed by atoms with E-state index in [0.29, 0.717) is 0 Å². The summed E-state index contributed by atoms with van der Waals surface area (Å²) in [4.78, 5) is 0. The normalized spacial score (nSPS) is 12.0. The van der Waals surface area contributed by atoms with Crippen LogP contribution in [0.2, 0.25) is 0 Å². The van der Waals surface area contributed by atoms with Crippen molar-refractivity contribution in [1.82, 2.24) is 0 Å². The minimum Gasteiger partial charge on any atom is -0.0841 e. The van der Waals surface area contributed by atoms with Gasteiger partial charge in [-0.3, -0.25) is 0 Å². The van der Waals surface area contributed by atoms with Crippen LogP contribution >= 0.6 is 0 Å². The number of benzene rings is 2. The molecule has 14 heavy (non-hydrogen) atoms. The molecule has 0 aliphatic carbocycles.